The molecule has 0 saturated carbocycles. The highest BCUT2D eigenvalue weighted by Crippen LogP contribution is 2.27. The highest BCUT2D eigenvalue weighted by atomic mass is 32.1. The lowest BCUT2D eigenvalue weighted by Gasteiger charge is -2.16. The average Bonchev–Trinajstić information content (AvgIpc) is 3.14. The van der Waals surface area contributed by atoms with Gasteiger partial charge in [-0.05, 0) is 35.4 Å². The number of thiophene rings is 1. The normalized spacial score (nSPS) is 10.6. The number of anilines is 1. The molecule has 2 aromatic rings. The number of rotatable bonds is 8. The predicted molar refractivity (Wildman–Crippen MR) is 103 cm³/mol. The van der Waals surface area contributed by atoms with Crippen LogP contribution in [-0.2, 0) is 14.3 Å². The molecule has 1 aromatic carbocycles. The van der Waals surface area contributed by atoms with Gasteiger partial charge in [0.25, 0.3) is 5.91 Å². The van der Waals surface area contributed by atoms with Crippen LogP contribution < -0.4 is 5.32 Å². The fourth-order valence-electron chi connectivity index (χ4n) is 2.51. The van der Waals surface area contributed by atoms with Crippen LogP contribution in [0.25, 0.3) is 0 Å². The number of nitrogens with one attached hydrogen (secondary N) is 1. The van der Waals surface area contributed by atoms with Gasteiger partial charge in [-0.25, -0.2) is 0 Å². The predicted octanol–water partition coefficient (Wildman–Crippen LogP) is 4.32. The van der Waals surface area contributed by atoms with Crippen molar-refractivity contribution in [2.45, 2.75) is 39.5 Å². The molecule has 0 aliphatic carbocycles. The fraction of sp³-hybridized carbons (Fsp3) is 0.350. The standard InChI is InChI=1S/C20H23NO4S/c1-13(2)15-7-4-6-14(3)20(15)21-18(23)12-25-19(24)10-9-16(22)17-8-5-11-26-17/h4-8,11,13H,9-10,12H2,1-3H3,(H,21,23). The van der Waals surface area contributed by atoms with Crippen LogP contribution in [0, 0.1) is 6.92 Å². The summed E-state index contributed by atoms with van der Waals surface area (Å²) in [6, 6.07) is 9.35. The number of aryl methyl sites for hydroxylation is 1. The maximum absolute atomic E-state index is 12.1. The van der Waals surface area contributed by atoms with Gasteiger partial charge < -0.3 is 10.1 Å². The van der Waals surface area contributed by atoms with Crippen LogP contribution in [0.3, 0.4) is 0 Å². The molecule has 0 aliphatic rings. The Morgan fingerprint density at radius 2 is 1.88 bits per heavy atom. The maximum Gasteiger partial charge on any atom is 0.306 e. The molecular weight excluding hydrogens is 350 g/mol. The van der Waals surface area contributed by atoms with Gasteiger partial charge in [-0.2, -0.15) is 0 Å². The van der Waals surface area contributed by atoms with Crippen LogP contribution in [0.15, 0.2) is 35.7 Å². The highest BCUT2D eigenvalue weighted by molar-refractivity contribution is 7.12. The van der Waals surface area contributed by atoms with E-state index in [0.29, 0.717) is 4.88 Å². The molecule has 1 N–H and O–H groups in total. The molecule has 1 aromatic heterocycles. The Balaban J connectivity index is 1.82. The number of ketones is 1. The van der Waals surface area contributed by atoms with Crippen LogP contribution in [0.4, 0.5) is 5.69 Å². The lowest BCUT2D eigenvalue weighted by Crippen LogP contribution is -2.22. The van der Waals surface area contributed by atoms with E-state index in [1.807, 2.05) is 30.5 Å². The Morgan fingerprint density at radius 1 is 1.12 bits per heavy atom. The summed E-state index contributed by atoms with van der Waals surface area (Å²) in [4.78, 5) is 36.4. The molecule has 138 valence electrons. The van der Waals surface area contributed by atoms with Crippen LogP contribution in [-0.4, -0.2) is 24.3 Å². The smallest absolute Gasteiger partial charge is 0.306 e. The molecule has 0 atom stereocenters. The van der Waals surface area contributed by atoms with Crippen LogP contribution in [0.5, 0.6) is 0 Å². The Labute approximate surface area is 157 Å². The number of amides is 1. The number of Topliss-reactive ketones (excluding diaryl/α,β-unsaturated/α-hetero) is 1. The molecule has 0 bridgehead atoms. The largest absolute Gasteiger partial charge is 0.456 e. The Kier molecular flexibility index (Phi) is 7.09. The van der Waals surface area contributed by atoms with Crippen LogP contribution >= 0.6 is 11.3 Å². The number of carbonyl (C=O) groups is 3. The van der Waals surface area contributed by atoms with Gasteiger partial charge in [0.2, 0.25) is 0 Å². The lowest BCUT2D eigenvalue weighted by molar-refractivity contribution is -0.147. The number of ether oxygens (including phenoxy) is 1. The number of esters is 1. The van der Waals surface area contributed by atoms with E-state index in [4.69, 9.17) is 4.74 Å². The summed E-state index contributed by atoms with van der Waals surface area (Å²) in [5.41, 5.74) is 2.75. The minimum absolute atomic E-state index is 0.0361. The third-order valence-corrected chi connectivity index (χ3v) is 4.82. The Bertz CT molecular complexity index is 781. The third kappa shape index (κ3) is 5.52. The van der Waals surface area contributed by atoms with Crippen molar-refractivity contribution in [2.24, 2.45) is 0 Å². The molecule has 0 spiro atoms. The first-order valence-corrected chi connectivity index (χ1v) is 9.38. The van der Waals surface area contributed by atoms with E-state index in [0.717, 1.165) is 16.8 Å². The van der Waals surface area contributed by atoms with Gasteiger partial charge in [-0.1, -0.05) is 38.1 Å². The molecule has 0 aliphatic heterocycles. The molecule has 0 radical (unpaired) electrons. The van der Waals surface area contributed by atoms with Crippen molar-refractivity contribution in [3.05, 3.63) is 51.7 Å². The first kappa shape index (κ1) is 19.8. The van der Waals surface area contributed by atoms with Gasteiger partial charge in [-0.15, -0.1) is 11.3 Å². The van der Waals surface area contributed by atoms with E-state index in [2.05, 4.69) is 19.2 Å². The van der Waals surface area contributed by atoms with E-state index in [-0.39, 0.29) is 37.1 Å². The van der Waals surface area contributed by atoms with Gasteiger partial charge in [-0.3, -0.25) is 14.4 Å². The molecule has 1 amide bonds. The third-order valence-electron chi connectivity index (χ3n) is 3.91. The van der Waals surface area contributed by atoms with Gasteiger partial charge in [0.15, 0.2) is 12.4 Å². The van der Waals surface area contributed by atoms with E-state index in [9.17, 15) is 14.4 Å². The molecule has 5 nitrogen and oxygen atoms in total. The second kappa shape index (κ2) is 9.29. The minimum atomic E-state index is -0.557. The minimum Gasteiger partial charge on any atom is -0.456 e. The molecular formula is C20H23NO4S. The van der Waals surface area contributed by atoms with Crippen molar-refractivity contribution < 1.29 is 19.1 Å². The molecule has 0 saturated heterocycles. The highest BCUT2D eigenvalue weighted by Gasteiger charge is 2.15. The monoisotopic (exact) mass is 373 g/mol. The quantitative estimate of drug-likeness (QED) is 0.552. The number of benzene rings is 1. The zero-order valence-corrected chi connectivity index (χ0v) is 16.0. The van der Waals surface area contributed by atoms with Crippen LogP contribution in [0.1, 0.15) is 53.4 Å². The average molecular weight is 373 g/mol. The summed E-state index contributed by atoms with van der Waals surface area (Å²) in [5, 5.41) is 4.63. The van der Waals surface area contributed by atoms with Crippen LogP contribution in [0.2, 0.25) is 0 Å². The van der Waals surface area contributed by atoms with E-state index in [1.54, 1.807) is 12.1 Å². The molecule has 2 rings (SSSR count). The zero-order chi connectivity index (χ0) is 19.1. The first-order valence-electron chi connectivity index (χ1n) is 8.50. The second-order valence-corrected chi connectivity index (χ2v) is 7.25. The number of hydrogen-bond acceptors (Lipinski definition) is 5. The van der Waals surface area contributed by atoms with E-state index >= 15 is 0 Å². The molecule has 26 heavy (non-hydrogen) atoms. The summed E-state index contributed by atoms with van der Waals surface area (Å²) in [7, 11) is 0. The van der Waals surface area contributed by atoms with Crippen molar-refractivity contribution in [1.29, 1.82) is 0 Å². The van der Waals surface area contributed by atoms with Gasteiger partial charge >= 0.3 is 5.97 Å². The second-order valence-electron chi connectivity index (χ2n) is 6.30. The summed E-state index contributed by atoms with van der Waals surface area (Å²) >= 11 is 1.34. The number of hydrogen-bond donors (Lipinski definition) is 1. The van der Waals surface area contributed by atoms with Crippen molar-refractivity contribution in [3.8, 4) is 0 Å². The Morgan fingerprint density at radius 3 is 2.54 bits per heavy atom. The van der Waals surface area contributed by atoms with Gasteiger partial charge in [0, 0.05) is 12.1 Å². The summed E-state index contributed by atoms with van der Waals surface area (Å²) in [6.07, 6.45) is 0.0435. The first-order chi connectivity index (χ1) is 12.4. The lowest BCUT2D eigenvalue weighted by atomic mass is 9.98. The van der Waals surface area contributed by atoms with Crippen molar-refractivity contribution in [3.63, 3.8) is 0 Å². The molecule has 6 heteroatoms. The topological polar surface area (TPSA) is 72.5 Å². The molecule has 0 fully saturated rings. The molecule has 0 unspecified atom stereocenters. The zero-order valence-electron chi connectivity index (χ0n) is 15.2. The van der Waals surface area contributed by atoms with Gasteiger partial charge in [0.1, 0.15) is 0 Å². The van der Waals surface area contributed by atoms with E-state index in [1.165, 1.54) is 11.3 Å². The SMILES string of the molecule is Cc1cccc(C(C)C)c1NC(=O)COC(=O)CCC(=O)c1cccs1. The van der Waals surface area contributed by atoms with Crippen molar-refractivity contribution in [2.75, 3.05) is 11.9 Å². The number of carbonyl (C=O) groups excluding carboxylic acids is 3. The molecule has 1 heterocycles. The van der Waals surface area contributed by atoms with Gasteiger partial charge in [0.05, 0.1) is 11.3 Å². The Hall–Kier alpha value is -2.47. The summed E-state index contributed by atoms with van der Waals surface area (Å²) < 4.78 is 4.98. The van der Waals surface area contributed by atoms with E-state index < -0.39 is 5.97 Å². The maximum atomic E-state index is 12.1. The van der Waals surface area contributed by atoms with Crippen molar-refractivity contribution in [1.82, 2.24) is 0 Å². The number of para-hydroxylation sites is 1. The van der Waals surface area contributed by atoms with Crippen molar-refractivity contribution >= 4 is 34.7 Å². The summed E-state index contributed by atoms with van der Waals surface area (Å²) in [5.74, 6) is -0.781. The fourth-order valence-corrected chi connectivity index (χ4v) is 3.21. The summed E-state index contributed by atoms with van der Waals surface area (Å²) in [6.45, 7) is 5.66.